The zero-order valence-corrected chi connectivity index (χ0v) is 17.7. The van der Waals surface area contributed by atoms with Gasteiger partial charge in [-0.1, -0.05) is 12.1 Å². The number of aromatic nitrogens is 2. The van der Waals surface area contributed by atoms with Crippen molar-refractivity contribution < 1.29 is 9.47 Å². The van der Waals surface area contributed by atoms with Gasteiger partial charge in [-0.05, 0) is 37.0 Å². The molecule has 2 fully saturated rings. The first-order valence-electron chi connectivity index (χ1n) is 10.8. The largest absolute Gasteiger partial charge is 0.497 e. The summed E-state index contributed by atoms with van der Waals surface area (Å²) in [7, 11) is 1.68. The van der Waals surface area contributed by atoms with E-state index in [4.69, 9.17) is 15.2 Å². The molecule has 1 aromatic heterocycles. The highest BCUT2D eigenvalue weighted by molar-refractivity contribution is 5.53. The Labute approximate surface area is 178 Å². The van der Waals surface area contributed by atoms with E-state index >= 15 is 0 Å². The molecule has 1 aromatic carbocycles. The predicted octanol–water partition coefficient (Wildman–Crippen LogP) is 2.02. The molecule has 0 radical (unpaired) electrons. The van der Waals surface area contributed by atoms with Crippen LogP contribution in [-0.2, 0) is 11.2 Å². The number of anilines is 3. The maximum absolute atomic E-state index is 6.00. The smallest absolute Gasteiger partial charge is 0.223 e. The molecule has 0 atom stereocenters. The minimum atomic E-state index is 0.315. The van der Waals surface area contributed by atoms with E-state index in [0.29, 0.717) is 12.0 Å². The summed E-state index contributed by atoms with van der Waals surface area (Å²) in [5.41, 5.74) is 7.25. The topological polar surface area (TPSA) is 88.8 Å². The van der Waals surface area contributed by atoms with E-state index in [-0.39, 0.29) is 0 Å². The fourth-order valence-corrected chi connectivity index (χ4v) is 4.24. The third kappa shape index (κ3) is 5.31. The number of methoxy groups -OCH3 is 1. The number of hydrogen-bond donors (Lipinski definition) is 2. The molecule has 0 amide bonds. The van der Waals surface area contributed by atoms with Crippen LogP contribution < -0.4 is 20.7 Å². The second-order valence-electron chi connectivity index (χ2n) is 7.86. The Morgan fingerprint density at radius 1 is 1.10 bits per heavy atom. The van der Waals surface area contributed by atoms with Crippen LogP contribution in [0, 0.1) is 0 Å². The Bertz CT molecular complexity index is 802. The average Bonchev–Trinajstić information content (AvgIpc) is 2.80. The van der Waals surface area contributed by atoms with Crippen molar-refractivity contribution in [2.45, 2.75) is 25.3 Å². The van der Waals surface area contributed by atoms with Gasteiger partial charge in [0.05, 0.1) is 20.3 Å². The minimum absolute atomic E-state index is 0.315. The number of hydrogen-bond acceptors (Lipinski definition) is 8. The quantitative estimate of drug-likeness (QED) is 0.714. The summed E-state index contributed by atoms with van der Waals surface area (Å²) in [6.45, 7) is 6.57. The molecule has 0 aliphatic carbocycles. The number of nitrogens with two attached hydrogens (primary N) is 1. The lowest BCUT2D eigenvalue weighted by Crippen LogP contribution is -2.49. The number of piperidine rings is 1. The number of morpholine rings is 1. The zero-order chi connectivity index (χ0) is 20.8. The number of nitrogens with one attached hydrogen (secondary N) is 1. The first-order valence-corrected chi connectivity index (χ1v) is 10.8. The summed E-state index contributed by atoms with van der Waals surface area (Å²) >= 11 is 0. The van der Waals surface area contributed by atoms with Crippen molar-refractivity contribution in [2.24, 2.45) is 0 Å². The lowest BCUT2D eigenvalue weighted by Gasteiger charge is -2.40. The Hall–Kier alpha value is -2.58. The van der Waals surface area contributed by atoms with E-state index in [9.17, 15) is 0 Å². The van der Waals surface area contributed by atoms with E-state index in [0.717, 1.165) is 82.6 Å². The molecule has 162 valence electrons. The number of rotatable bonds is 7. The molecule has 0 unspecified atom stereocenters. The van der Waals surface area contributed by atoms with Crippen LogP contribution in [0.15, 0.2) is 30.3 Å². The SMILES string of the molecule is COc1ccc(CCNc2cc(N3CCC(N4CCOCC4)CC3)nc(N)n2)cc1. The molecule has 2 aromatic rings. The minimum Gasteiger partial charge on any atom is -0.497 e. The van der Waals surface area contributed by atoms with Gasteiger partial charge < -0.3 is 25.4 Å². The third-order valence-corrected chi connectivity index (χ3v) is 5.96. The summed E-state index contributed by atoms with van der Waals surface area (Å²) in [4.78, 5) is 13.7. The maximum atomic E-state index is 6.00. The summed E-state index contributed by atoms with van der Waals surface area (Å²) in [5.74, 6) is 2.88. The van der Waals surface area contributed by atoms with Crippen molar-refractivity contribution >= 4 is 17.6 Å². The third-order valence-electron chi connectivity index (χ3n) is 5.96. The Morgan fingerprint density at radius 2 is 1.83 bits per heavy atom. The molecule has 0 bridgehead atoms. The summed E-state index contributed by atoms with van der Waals surface area (Å²) in [6, 6.07) is 10.8. The molecule has 8 heteroatoms. The van der Waals surface area contributed by atoms with E-state index < -0.39 is 0 Å². The van der Waals surface area contributed by atoms with Gasteiger partial charge in [0.1, 0.15) is 17.4 Å². The molecule has 8 nitrogen and oxygen atoms in total. The van der Waals surface area contributed by atoms with Crippen LogP contribution in [0.25, 0.3) is 0 Å². The first kappa shape index (κ1) is 20.7. The molecule has 4 rings (SSSR count). The van der Waals surface area contributed by atoms with Gasteiger partial charge in [-0.25, -0.2) is 0 Å². The molecule has 0 saturated carbocycles. The van der Waals surface area contributed by atoms with Gasteiger partial charge in [0.2, 0.25) is 5.95 Å². The second kappa shape index (κ2) is 9.95. The molecular formula is C22H32N6O2. The average molecular weight is 413 g/mol. The molecular weight excluding hydrogens is 380 g/mol. The van der Waals surface area contributed by atoms with Gasteiger partial charge in [0.25, 0.3) is 0 Å². The van der Waals surface area contributed by atoms with E-state index in [2.05, 4.69) is 37.2 Å². The van der Waals surface area contributed by atoms with Gasteiger partial charge >= 0.3 is 0 Å². The molecule has 3 heterocycles. The number of benzene rings is 1. The number of nitrogens with zero attached hydrogens (tertiary/aromatic N) is 4. The van der Waals surface area contributed by atoms with E-state index in [1.54, 1.807) is 7.11 Å². The van der Waals surface area contributed by atoms with E-state index in [1.165, 1.54) is 5.56 Å². The van der Waals surface area contributed by atoms with Crippen molar-refractivity contribution in [3.63, 3.8) is 0 Å². The fourth-order valence-electron chi connectivity index (χ4n) is 4.24. The molecule has 2 saturated heterocycles. The zero-order valence-electron chi connectivity index (χ0n) is 17.7. The highest BCUT2D eigenvalue weighted by Crippen LogP contribution is 2.24. The lowest BCUT2D eigenvalue weighted by molar-refractivity contribution is 0.0115. The van der Waals surface area contributed by atoms with Gasteiger partial charge in [-0.2, -0.15) is 9.97 Å². The van der Waals surface area contributed by atoms with Crippen LogP contribution in [0.2, 0.25) is 0 Å². The lowest BCUT2D eigenvalue weighted by atomic mass is 10.0. The van der Waals surface area contributed by atoms with Crippen LogP contribution in [-0.4, -0.2) is 74.0 Å². The van der Waals surface area contributed by atoms with Crippen LogP contribution >= 0.6 is 0 Å². The van der Waals surface area contributed by atoms with Crippen LogP contribution in [0.4, 0.5) is 17.6 Å². The van der Waals surface area contributed by atoms with Gasteiger partial charge in [0.15, 0.2) is 0 Å². The normalized spacial score (nSPS) is 18.4. The van der Waals surface area contributed by atoms with Crippen molar-refractivity contribution in [3.05, 3.63) is 35.9 Å². The van der Waals surface area contributed by atoms with E-state index in [1.807, 2.05) is 18.2 Å². The summed E-state index contributed by atoms with van der Waals surface area (Å²) in [6.07, 6.45) is 3.18. The summed E-state index contributed by atoms with van der Waals surface area (Å²) in [5, 5.41) is 3.39. The van der Waals surface area contributed by atoms with Crippen molar-refractivity contribution in [3.8, 4) is 5.75 Å². The Balaban J connectivity index is 1.30. The van der Waals surface area contributed by atoms with Crippen molar-refractivity contribution in [1.82, 2.24) is 14.9 Å². The van der Waals surface area contributed by atoms with Crippen LogP contribution in [0.1, 0.15) is 18.4 Å². The summed E-state index contributed by atoms with van der Waals surface area (Å²) < 4.78 is 10.7. The second-order valence-corrected chi connectivity index (χ2v) is 7.86. The highest BCUT2D eigenvalue weighted by atomic mass is 16.5. The molecule has 30 heavy (non-hydrogen) atoms. The van der Waals surface area contributed by atoms with Gasteiger partial charge in [-0.15, -0.1) is 0 Å². The number of ether oxygens (including phenoxy) is 2. The Morgan fingerprint density at radius 3 is 2.53 bits per heavy atom. The van der Waals surface area contributed by atoms with Gasteiger partial charge in [0, 0.05) is 44.8 Å². The molecule has 2 aliphatic heterocycles. The van der Waals surface area contributed by atoms with Crippen LogP contribution in [0.3, 0.4) is 0 Å². The Kier molecular flexibility index (Phi) is 6.86. The van der Waals surface area contributed by atoms with Crippen molar-refractivity contribution in [1.29, 1.82) is 0 Å². The standard InChI is InChI=1S/C22H32N6O2/c1-29-19-4-2-17(3-5-19)6-9-24-20-16-21(26-22(23)25-20)28-10-7-18(8-11-28)27-12-14-30-15-13-27/h2-5,16,18H,6-15H2,1H3,(H3,23,24,25,26). The number of nitrogen functional groups attached to an aromatic ring is 1. The predicted molar refractivity (Wildman–Crippen MR) is 119 cm³/mol. The van der Waals surface area contributed by atoms with Crippen LogP contribution in [0.5, 0.6) is 5.75 Å². The molecule has 0 spiro atoms. The first-order chi connectivity index (χ1) is 14.7. The van der Waals surface area contributed by atoms with Gasteiger partial charge in [-0.3, -0.25) is 4.90 Å². The maximum Gasteiger partial charge on any atom is 0.223 e. The fraction of sp³-hybridized carbons (Fsp3) is 0.545. The highest BCUT2D eigenvalue weighted by Gasteiger charge is 2.26. The monoisotopic (exact) mass is 412 g/mol. The molecule has 3 N–H and O–H groups in total. The van der Waals surface area contributed by atoms with Crippen molar-refractivity contribution in [2.75, 3.05) is 69.0 Å². The molecule has 2 aliphatic rings.